The molecule has 0 radical (unpaired) electrons. The van der Waals surface area contributed by atoms with Crippen LogP contribution in [0, 0.1) is 0 Å². The van der Waals surface area contributed by atoms with Crippen LogP contribution >= 0.6 is 0 Å². The summed E-state index contributed by atoms with van der Waals surface area (Å²) in [7, 11) is 0. The van der Waals surface area contributed by atoms with Gasteiger partial charge >= 0.3 is 12.0 Å². The second-order valence-electron chi connectivity index (χ2n) is 8.27. The van der Waals surface area contributed by atoms with Gasteiger partial charge in [0.2, 0.25) is 0 Å². The Kier molecular flexibility index (Phi) is 5.60. The number of benzene rings is 3. The van der Waals surface area contributed by atoms with Crippen LogP contribution in [0.15, 0.2) is 78.9 Å². The monoisotopic (exact) mass is 442 g/mol. The average molecular weight is 443 g/mol. The van der Waals surface area contributed by atoms with Gasteiger partial charge in [-0.05, 0) is 54.6 Å². The van der Waals surface area contributed by atoms with E-state index < -0.39 is 5.97 Å². The van der Waals surface area contributed by atoms with E-state index in [-0.39, 0.29) is 11.6 Å². The summed E-state index contributed by atoms with van der Waals surface area (Å²) in [5.41, 5.74) is 4.05. The third-order valence-corrected chi connectivity index (χ3v) is 6.34. The van der Waals surface area contributed by atoms with Gasteiger partial charge in [-0.1, -0.05) is 24.3 Å². The topological polar surface area (TPSA) is 67.3 Å². The van der Waals surface area contributed by atoms with Gasteiger partial charge in [0.25, 0.3) is 0 Å². The summed E-state index contributed by atoms with van der Waals surface area (Å²) in [6.07, 6.45) is 0. The molecule has 0 bridgehead atoms. The third kappa shape index (κ3) is 4.22. The zero-order valence-electron chi connectivity index (χ0n) is 18.3. The lowest BCUT2D eigenvalue weighted by Gasteiger charge is -2.37. The number of anilines is 4. The Morgan fingerprint density at radius 1 is 0.606 bits per heavy atom. The van der Waals surface area contributed by atoms with Crippen LogP contribution in [0.4, 0.5) is 27.5 Å². The summed E-state index contributed by atoms with van der Waals surface area (Å²) >= 11 is 0. The van der Waals surface area contributed by atoms with Gasteiger partial charge in [0.15, 0.2) is 0 Å². The van der Waals surface area contributed by atoms with Crippen molar-refractivity contribution in [1.29, 1.82) is 0 Å². The van der Waals surface area contributed by atoms with Gasteiger partial charge in [0.1, 0.15) is 0 Å². The van der Waals surface area contributed by atoms with Crippen molar-refractivity contribution in [1.82, 2.24) is 0 Å². The summed E-state index contributed by atoms with van der Waals surface area (Å²) in [5, 5.41) is 9.23. The molecule has 0 spiro atoms. The molecule has 0 unspecified atom stereocenters. The van der Waals surface area contributed by atoms with Crippen molar-refractivity contribution in [2.75, 3.05) is 58.9 Å². The fourth-order valence-corrected chi connectivity index (χ4v) is 4.53. The number of nitrogens with zero attached hydrogens (tertiary/aromatic N) is 4. The van der Waals surface area contributed by atoms with Crippen LogP contribution in [0.5, 0.6) is 0 Å². The first-order chi connectivity index (χ1) is 16.1. The largest absolute Gasteiger partial charge is 0.478 e. The van der Waals surface area contributed by atoms with E-state index in [4.69, 9.17) is 0 Å². The predicted molar refractivity (Wildman–Crippen MR) is 131 cm³/mol. The number of urea groups is 1. The standard InChI is InChI=1S/C26H26N4O3/c31-25(32)20-5-4-8-24(19-20)30-18-17-29(26(30)33)23-11-9-22(10-12-23)28-15-13-27(14-16-28)21-6-2-1-3-7-21/h1-12,19H,13-18H2,(H,31,32). The van der Waals surface area contributed by atoms with Gasteiger partial charge in [0, 0.05) is 62.0 Å². The summed E-state index contributed by atoms with van der Waals surface area (Å²) < 4.78 is 0. The van der Waals surface area contributed by atoms with Crippen molar-refractivity contribution < 1.29 is 14.7 Å². The van der Waals surface area contributed by atoms with Crippen LogP contribution < -0.4 is 19.6 Å². The Morgan fingerprint density at radius 2 is 1.12 bits per heavy atom. The molecule has 3 aromatic rings. The zero-order valence-corrected chi connectivity index (χ0v) is 18.3. The van der Waals surface area contributed by atoms with Crippen LogP contribution in [0.2, 0.25) is 0 Å². The highest BCUT2D eigenvalue weighted by Gasteiger charge is 2.31. The van der Waals surface area contributed by atoms with Crippen LogP contribution in [0.1, 0.15) is 10.4 Å². The van der Waals surface area contributed by atoms with E-state index in [0.29, 0.717) is 18.8 Å². The van der Waals surface area contributed by atoms with Crippen molar-refractivity contribution >= 4 is 34.7 Å². The highest BCUT2D eigenvalue weighted by molar-refractivity contribution is 6.06. The second-order valence-corrected chi connectivity index (χ2v) is 8.27. The molecule has 2 saturated heterocycles. The van der Waals surface area contributed by atoms with Crippen molar-refractivity contribution in [3.63, 3.8) is 0 Å². The summed E-state index contributed by atoms with van der Waals surface area (Å²) in [6, 6.07) is 25.0. The van der Waals surface area contributed by atoms with E-state index >= 15 is 0 Å². The van der Waals surface area contributed by atoms with E-state index in [1.165, 1.54) is 11.8 Å². The maximum atomic E-state index is 13.0. The Balaban J connectivity index is 1.23. The number of rotatable bonds is 5. The first-order valence-electron chi connectivity index (χ1n) is 11.2. The highest BCUT2D eigenvalue weighted by atomic mass is 16.4. The van der Waals surface area contributed by atoms with Gasteiger partial charge in [-0.2, -0.15) is 0 Å². The first-order valence-corrected chi connectivity index (χ1v) is 11.2. The van der Waals surface area contributed by atoms with E-state index in [2.05, 4.69) is 46.2 Å². The third-order valence-electron chi connectivity index (χ3n) is 6.34. The van der Waals surface area contributed by atoms with Crippen molar-refractivity contribution in [2.45, 2.75) is 0 Å². The zero-order chi connectivity index (χ0) is 22.8. The molecule has 5 rings (SSSR count). The van der Waals surface area contributed by atoms with Crippen molar-refractivity contribution in [3.05, 3.63) is 84.4 Å². The lowest BCUT2D eigenvalue weighted by atomic mass is 10.2. The maximum Gasteiger partial charge on any atom is 0.335 e. The summed E-state index contributed by atoms with van der Waals surface area (Å²) in [5.74, 6) is -0.999. The lowest BCUT2D eigenvalue weighted by Crippen LogP contribution is -2.46. The number of piperazine rings is 1. The number of aromatic carboxylic acids is 1. The molecule has 2 aliphatic rings. The van der Waals surface area contributed by atoms with Gasteiger partial charge < -0.3 is 14.9 Å². The molecule has 0 atom stereocenters. The number of para-hydroxylation sites is 1. The van der Waals surface area contributed by atoms with Gasteiger partial charge in [-0.15, -0.1) is 0 Å². The second kappa shape index (κ2) is 8.86. The molecule has 33 heavy (non-hydrogen) atoms. The molecular formula is C26H26N4O3. The highest BCUT2D eigenvalue weighted by Crippen LogP contribution is 2.28. The molecule has 2 aliphatic heterocycles. The number of hydrogen-bond donors (Lipinski definition) is 1. The smallest absolute Gasteiger partial charge is 0.335 e. The van der Waals surface area contributed by atoms with Crippen LogP contribution in [0.3, 0.4) is 0 Å². The molecule has 3 aromatic carbocycles. The minimum absolute atomic E-state index is 0.137. The van der Waals surface area contributed by atoms with Crippen molar-refractivity contribution in [3.8, 4) is 0 Å². The fourth-order valence-electron chi connectivity index (χ4n) is 4.53. The molecule has 0 aliphatic carbocycles. The Hall–Kier alpha value is -4.00. The van der Waals surface area contributed by atoms with E-state index in [9.17, 15) is 14.7 Å². The Labute approximate surface area is 193 Å². The molecule has 7 nitrogen and oxygen atoms in total. The Bertz CT molecular complexity index is 1140. The number of carboxylic acids is 1. The molecule has 2 heterocycles. The van der Waals surface area contributed by atoms with E-state index in [1.54, 1.807) is 28.0 Å². The van der Waals surface area contributed by atoms with E-state index in [0.717, 1.165) is 37.6 Å². The number of carbonyl (C=O) groups excluding carboxylic acids is 1. The summed E-state index contributed by atoms with van der Waals surface area (Å²) in [6.45, 7) is 4.92. The minimum atomic E-state index is -0.999. The van der Waals surface area contributed by atoms with Crippen LogP contribution in [0.25, 0.3) is 0 Å². The summed E-state index contributed by atoms with van der Waals surface area (Å²) in [4.78, 5) is 32.4. The molecule has 0 saturated carbocycles. The van der Waals surface area contributed by atoms with Gasteiger partial charge in [-0.3, -0.25) is 9.80 Å². The number of carboxylic acid groups (broad SMARTS) is 1. The molecule has 1 N–H and O–H groups in total. The molecule has 2 fully saturated rings. The lowest BCUT2D eigenvalue weighted by molar-refractivity contribution is 0.0697. The number of hydrogen-bond acceptors (Lipinski definition) is 4. The minimum Gasteiger partial charge on any atom is -0.478 e. The van der Waals surface area contributed by atoms with Crippen LogP contribution in [-0.4, -0.2) is 56.4 Å². The SMILES string of the molecule is O=C(O)c1cccc(N2CCN(c3ccc(N4CCN(c5ccccc5)CC4)cc3)C2=O)c1. The molecule has 2 amide bonds. The number of carbonyl (C=O) groups is 2. The number of amides is 2. The van der Waals surface area contributed by atoms with E-state index in [1.807, 2.05) is 18.2 Å². The molecular weight excluding hydrogens is 416 g/mol. The fraction of sp³-hybridized carbons (Fsp3) is 0.231. The first kappa shape index (κ1) is 20.9. The average Bonchev–Trinajstić information content (AvgIpc) is 3.26. The predicted octanol–water partition coefficient (Wildman–Crippen LogP) is 4.16. The molecule has 0 aromatic heterocycles. The molecule has 7 heteroatoms. The maximum absolute atomic E-state index is 13.0. The van der Waals surface area contributed by atoms with Crippen molar-refractivity contribution in [2.24, 2.45) is 0 Å². The normalized spacial score (nSPS) is 16.4. The van der Waals surface area contributed by atoms with Gasteiger partial charge in [0.05, 0.1) is 5.56 Å². The Morgan fingerprint density at radius 3 is 1.73 bits per heavy atom. The van der Waals surface area contributed by atoms with Crippen LogP contribution in [-0.2, 0) is 0 Å². The molecule has 168 valence electrons. The quantitative estimate of drug-likeness (QED) is 0.643. The van der Waals surface area contributed by atoms with Gasteiger partial charge in [-0.25, -0.2) is 9.59 Å².